The van der Waals surface area contributed by atoms with Crippen molar-refractivity contribution in [1.82, 2.24) is 5.32 Å². The summed E-state index contributed by atoms with van der Waals surface area (Å²) in [7, 11) is 0.0412. The van der Waals surface area contributed by atoms with Crippen LogP contribution in [0.2, 0.25) is 0 Å². The van der Waals surface area contributed by atoms with E-state index in [-0.39, 0.29) is 16.4 Å². The molecule has 0 aliphatic rings. The number of anilines is 1. The third kappa shape index (κ3) is 4.56. The normalized spacial score (nSPS) is 11.2. The van der Waals surface area contributed by atoms with Gasteiger partial charge in [-0.3, -0.25) is 4.79 Å². The van der Waals surface area contributed by atoms with Crippen molar-refractivity contribution in [3.05, 3.63) is 58.1 Å². The van der Waals surface area contributed by atoms with Crippen molar-refractivity contribution in [1.29, 1.82) is 0 Å². The van der Waals surface area contributed by atoms with Crippen molar-refractivity contribution in [2.24, 2.45) is 5.14 Å². The standard InChI is InChI=1S/C16H18BrN3O3S/c1-20(2)12-5-3-11(4-6-12)10-19-16(21)14-9-13(24(18,22)23)7-8-15(14)17/h3-9H,10H2,1-2H3,(H,19,21)(H2,18,22,23). The molecule has 0 aliphatic heterocycles. The number of halogens is 1. The average Bonchev–Trinajstić information content (AvgIpc) is 2.52. The second-order valence-electron chi connectivity index (χ2n) is 5.43. The van der Waals surface area contributed by atoms with E-state index in [2.05, 4.69) is 21.2 Å². The predicted molar refractivity (Wildman–Crippen MR) is 97.5 cm³/mol. The highest BCUT2D eigenvalue weighted by Gasteiger charge is 2.15. The van der Waals surface area contributed by atoms with Gasteiger partial charge in [0.05, 0.1) is 10.5 Å². The van der Waals surface area contributed by atoms with Crippen LogP contribution < -0.4 is 15.4 Å². The Hall–Kier alpha value is -1.90. The summed E-state index contributed by atoms with van der Waals surface area (Å²) in [4.78, 5) is 14.2. The number of primary sulfonamides is 1. The molecule has 0 saturated heterocycles. The van der Waals surface area contributed by atoms with E-state index in [1.807, 2.05) is 43.3 Å². The first-order valence-electron chi connectivity index (χ1n) is 7.05. The molecular weight excluding hydrogens is 394 g/mol. The van der Waals surface area contributed by atoms with Crippen molar-refractivity contribution in [3.8, 4) is 0 Å². The minimum absolute atomic E-state index is 0.105. The van der Waals surface area contributed by atoms with Crippen LogP contribution in [0.4, 0.5) is 5.69 Å². The molecule has 0 fully saturated rings. The summed E-state index contributed by atoms with van der Waals surface area (Å²) in [6.07, 6.45) is 0. The van der Waals surface area contributed by atoms with Gasteiger partial charge in [0, 0.05) is 30.8 Å². The van der Waals surface area contributed by atoms with Gasteiger partial charge in [-0.25, -0.2) is 13.6 Å². The van der Waals surface area contributed by atoms with Crippen LogP contribution in [-0.4, -0.2) is 28.4 Å². The zero-order valence-electron chi connectivity index (χ0n) is 13.3. The molecule has 0 radical (unpaired) electrons. The maximum atomic E-state index is 12.3. The molecule has 0 unspecified atom stereocenters. The van der Waals surface area contributed by atoms with Crippen molar-refractivity contribution >= 4 is 37.5 Å². The van der Waals surface area contributed by atoms with Crippen LogP contribution in [0.25, 0.3) is 0 Å². The number of nitrogens with two attached hydrogens (primary N) is 1. The van der Waals surface area contributed by atoms with Crippen molar-refractivity contribution in [2.45, 2.75) is 11.4 Å². The Bertz CT molecular complexity index is 849. The van der Waals surface area contributed by atoms with Gasteiger partial charge < -0.3 is 10.2 Å². The smallest absolute Gasteiger partial charge is 0.252 e. The summed E-state index contributed by atoms with van der Waals surface area (Å²) in [5.41, 5.74) is 2.22. The molecule has 0 bridgehead atoms. The fraction of sp³-hybridized carbons (Fsp3) is 0.188. The van der Waals surface area contributed by atoms with Gasteiger partial charge in [-0.2, -0.15) is 0 Å². The monoisotopic (exact) mass is 411 g/mol. The van der Waals surface area contributed by atoms with Crippen LogP contribution in [0.3, 0.4) is 0 Å². The van der Waals surface area contributed by atoms with Crippen LogP contribution >= 0.6 is 15.9 Å². The van der Waals surface area contributed by atoms with Gasteiger partial charge >= 0.3 is 0 Å². The Balaban J connectivity index is 2.12. The lowest BCUT2D eigenvalue weighted by Crippen LogP contribution is -2.24. The molecule has 3 N–H and O–H groups in total. The second-order valence-corrected chi connectivity index (χ2v) is 7.85. The first-order valence-corrected chi connectivity index (χ1v) is 9.39. The highest BCUT2D eigenvalue weighted by atomic mass is 79.9. The van der Waals surface area contributed by atoms with E-state index in [4.69, 9.17) is 5.14 Å². The molecule has 0 aromatic heterocycles. The lowest BCUT2D eigenvalue weighted by atomic mass is 10.1. The molecule has 8 heteroatoms. The quantitative estimate of drug-likeness (QED) is 0.787. The molecule has 0 heterocycles. The minimum atomic E-state index is -3.86. The largest absolute Gasteiger partial charge is 0.378 e. The van der Waals surface area contributed by atoms with Gasteiger partial charge in [0.1, 0.15) is 0 Å². The zero-order valence-corrected chi connectivity index (χ0v) is 15.7. The molecule has 0 atom stereocenters. The summed E-state index contributed by atoms with van der Waals surface area (Å²) in [6.45, 7) is 0.332. The van der Waals surface area contributed by atoms with Gasteiger partial charge in [0.25, 0.3) is 5.91 Å². The summed E-state index contributed by atoms with van der Waals surface area (Å²) in [5, 5.41) is 7.87. The lowest BCUT2D eigenvalue weighted by molar-refractivity contribution is 0.0950. The number of hydrogen-bond acceptors (Lipinski definition) is 4. The number of amides is 1. The second kappa shape index (κ2) is 7.33. The molecule has 0 spiro atoms. The highest BCUT2D eigenvalue weighted by molar-refractivity contribution is 9.10. The summed E-state index contributed by atoms with van der Waals surface area (Å²) in [5.74, 6) is -0.385. The maximum absolute atomic E-state index is 12.3. The Morgan fingerprint density at radius 3 is 2.33 bits per heavy atom. The van der Waals surface area contributed by atoms with Gasteiger partial charge in [-0.15, -0.1) is 0 Å². The van der Waals surface area contributed by atoms with Crippen LogP contribution in [0.15, 0.2) is 51.8 Å². The third-order valence-corrected chi connectivity index (χ3v) is 5.02. The van der Waals surface area contributed by atoms with Crippen LogP contribution in [0.1, 0.15) is 15.9 Å². The van der Waals surface area contributed by atoms with E-state index < -0.39 is 10.0 Å². The maximum Gasteiger partial charge on any atom is 0.252 e. The number of benzene rings is 2. The summed E-state index contributed by atoms with van der Waals surface area (Å²) >= 11 is 3.25. The number of nitrogens with one attached hydrogen (secondary N) is 1. The summed E-state index contributed by atoms with van der Waals surface area (Å²) in [6, 6.07) is 11.8. The zero-order chi connectivity index (χ0) is 17.9. The van der Waals surface area contributed by atoms with Gasteiger partial charge in [-0.1, -0.05) is 12.1 Å². The van der Waals surface area contributed by atoms with E-state index in [1.165, 1.54) is 18.2 Å². The number of carbonyl (C=O) groups is 1. The van der Waals surface area contributed by atoms with Crippen molar-refractivity contribution in [2.75, 3.05) is 19.0 Å². The predicted octanol–water partition coefficient (Wildman–Crippen LogP) is 2.09. The van der Waals surface area contributed by atoms with Crippen LogP contribution in [-0.2, 0) is 16.6 Å². The molecule has 0 aliphatic carbocycles. The van der Waals surface area contributed by atoms with E-state index in [9.17, 15) is 13.2 Å². The molecule has 2 rings (SSSR count). The van der Waals surface area contributed by atoms with Crippen molar-refractivity contribution in [3.63, 3.8) is 0 Å². The fourth-order valence-electron chi connectivity index (χ4n) is 2.04. The Morgan fingerprint density at radius 2 is 1.79 bits per heavy atom. The van der Waals surface area contributed by atoms with Crippen LogP contribution in [0.5, 0.6) is 0 Å². The van der Waals surface area contributed by atoms with Gasteiger partial charge in [-0.05, 0) is 51.8 Å². The first kappa shape index (κ1) is 18.4. The molecule has 6 nitrogen and oxygen atoms in total. The third-order valence-electron chi connectivity index (χ3n) is 3.42. The lowest BCUT2D eigenvalue weighted by Gasteiger charge is -2.13. The Kier molecular flexibility index (Phi) is 5.63. The molecule has 2 aromatic rings. The molecule has 2 aromatic carbocycles. The Morgan fingerprint density at radius 1 is 1.17 bits per heavy atom. The first-order chi connectivity index (χ1) is 11.2. The average molecular weight is 412 g/mol. The molecular formula is C16H18BrN3O3S. The number of hydrogen-bond donors (Lipinski definition) is 2. The van der Waals surface area contributed by atoms with Gasteiger partial charge in [0.2, 0.25) is 10.0 Å². The number of sulfonamides is 1. The number of rotatable bonds is 5. The van der Waals surface area contributed by atoms with E-state index >= 15 is 0 Å². The van der Waals surface area contributed by atoms with E-state index in [1.54, 1.807) is 0 Å². The minimum Gasteiger partial charge on any atom is -0.378 e. The van der Waals surface area contributed by atoms with Crippen LogP contribution in [0, 0.1) is 0 Å². The molecule has 128 valence electrons. The topological polar surface area (TPSA) is 92.5 Å². The molecule has 1 amide bonds. The fourth-order valence-corrected chi connectivity index (χ4v) is 3.01. The summed E-state index contributed by atoms with van der Waals surface area (Å²) < 4.78 is 23.3. The SMILES string of the molecule is CN(C)c1ccc(CNC(=O)c2cc(S(N)(=O)=O)ccc2Br)cc1. The van der Waals surface area contributed by atoms with E-state index in [0.717, 1.165) is 11.3 Å². The molecule has 0 saturated carbocycles. The number of carbonyl (C=O) groups excluding carboxylic acids is 1. The Labute approximate surface area is 149 Å². The number of nitrogens with zero attached hydrogens (tertiary/aromatic N) is 1. The highest BCUT2D eigenvalue weighted by Crippen LogP contribution is 2.20. The van der Waals surface area contributed by atoms with E-state index in [0.29, 0.717) is 11.0 Å². The van der Waals surface area contributed by atoms with Gasteiger partial charge in [0.15, 0.2) is 0 Å². The molecule has 24 heavy (non-hydrogen) atoms. The van der Waals surface area contributed by atoms with Crippen molar-refractivity contribution < 1.29 is 13.2 Å².